The van der Waals surface area contributed by atoms with E-state index in [1.54, 1.807) is 13.1 Å². The van der Waals surface area contributed by atoms with Crippen molar-refractivity contribution >= 4 is 11.2 Å². The van der Waals surface area contributed by atoms with Crippen molar-refractivity contribution in [1.29, 1.82) is 0 Å². The average Bonchev–Trinajstić information content (AvgIpc) is 2.30. The molecule has 0 bridgehead atoms. The first-order valence-electron chi connectivity index (χ1n) is 3.20. The minimum Gasteiger partial charge on any atom is -0.304 e. The maximum Gasteiger partial charge on any atom is 0.327 e. The van der Waals surface area contributed by atoms with E-state index in [9.17, 15) is 4.79 Å². The fourth-order valence-corrected chi connectivity index (χ4v) is 1.01. The molecule has 0 fully saturated rings. The molecular weight excluding hydrogens is 142 g/mol. The molecule has 0 aliphatic heterocycles. The SMILES string of the molecule is Cn1c(=O)[nH]c2c[c]cnc21. The second-order valence-electron chi connectivity index (χ2n) is 2.30. The number of aromatic nitrogens is 3. The van der Waals surface area contributed by atoms with Crippen LogP contribution < -0.4 is 5.69 Å². The van der Waals surface area contributed by atoms with Crippen molar-refractivity contribution < 1.29 is 0 Å². The molecule has 0 atom stereocenters. The second-order valence-corrected chi connectivity index (χ2v) is 2.30. The van der Waals surface area contributed by atoms with E-state index in [1.807, 2.05) is 0 Å². The lowest BCUT2D eigenvalue weighted by Crippen LogP contribution is -2.12. The van der Waals surface area contributed by atoms with Gasteiger partial charge < -0.3 is 4.98 Å². The topological polar surface area (TPSA) is 50.7 Å². The first-order chi connectivity index (χ1) is 5.29. The van der Waals surface area contributed by atoms with Crippen LogP contribution in [0.2, 0.25) is 0 Å². The molecule has 0 saturated carbocycles. The number of hydrogen-bond acceptors (Lipinski definition) is 2. The van der Waals surface area contributed by atoms with Crippen LogP contribution in [0.15, 0.2) is 17.1 Å². The van der Waals surface area contributed by atoms with Gasteiger partial charge in [0.1, 0.15) is 0 Å². The smallest absolute Gasteiger partial charge is 0.304 e. The molecular formula is C7H6N3O. The van der Waals surface area contributed by atoms with Gasteiger partial charge in [0.25, 0.3) is 0 Å². The third-order valence-electron chi connectivity index (χ3n) is 1.59. The van der Waals surface area contributed by atoms with Crippen LogP contribution in [0, 0.1) is 6.07 Å². The zero-order valence-electron chi connectivity index (χ0n) is 5.96. The van der Waals surface area contributed by atoms with E-state index < -0.39 is 0 Å². The first-order valence-corrected chi connectivity index (χ1v) is 3.20. The third-order valence-corrected chi connectivity index (χ3v) is 1.59. The van der Waals surface area contributed by atoms with Crippen LogP contribution in [0.25, 0.3) is 11.2 Å². The highest BCUT2D eigenvalue weighted by Crippen LogP contribution is 2.01. The van der Waals surface area contributed by atoms with E-state index in [2.05, 4.69) is 16.0 Å². The fraction of sp³-hybridized carbons (Fsp3) is 0.143. The van der Waals surface area contributed by atoms with E-state index in [1.165, 1.54) is 10.8 Å². The van der Waals surface area contributed by atoms with E-state index >= 15 is 0 Å². The molecule has 0 unspecified atom stereocenters. The second kappa shape index (κ2) is 1.95. The highest BCUT2D eigenvalue weighted by molar-refractivity contribution is 5.69. The number of nitrogens with zero attached hydrogens (tertiary/aromatic N) is 2. The molecule has 2 heterocycles. The molecule has 11 heavy (non-hydrogen) atoms. The van der Waals surface area contributed by atoms with E-state index in [0.29, 0.717) is 5.65 Å². The van der Waals surface area contributed by atoms with Gasteiger partial charge in [0.15, 0.2) is 5.65 Å². The lowest BCUT2D eigenvalue weighted by molar-refractivity contribution is 0.879. The Morgan fingerprint density at radius 3 is 3.27 bits per heavy atom. The standard InChI is InChI=1S/C7H6N3O/c1-10-6-5(9-7(10)11)3-2-4-8-6/h3-4H,1H3,(H,9,11). The number of fused-ring (bicyclic) bond motifs is 1. The molecule has 0 saturated heterocycles. The molecule has 2 rings (SSSR count). The summed E-state index contributed by atoms with van der Waals surface area (Å²) >= 11 is 0. The highest BCUT2D eigenvalue weighted by atomic mass is 16.1. The maximum atomic E-state index is 11.0. The van der Waals surface area contributed by atoms with Crippen LogP contribution in [0.5, 0.6) is 0 Å². The van der Waals surface area contributed by atoms with Crippen molar-refractivity contribution in [2.75, 3.05) is 0 Å². The van der Waals surface area contributed by atoms with Crippen molar-refractivity contribution in [2.24, 2.45) is 7.05 Å². The molecule has 0 aliphatic rings. The van der Waals surface area contributed by atoms with Gasteiger partial charge in [0.05, 0.1) is 5.52 Å². The Bertz CT molecular complexity index is 440. The number of H-pyrrole nitrogens is 1. The number of aromatic amines is 1. The van der Waals surface area contributed by atoms with Crippen molar-refractivity contribution in [3.8, 4) is 0 Å². The molecule has 2 aromatic heterocycles. The fourth-order valence-electron chi connectivity index (χ4n) is 1.01. The minimum atomic E-state index is -0.146. The Balaban J connectivity index is 3.04. The van der Waals surface area contributed by atoms with E-state index in [-0.39, 0.29) is 5.69 Å². The quantitative estimate of drug-likeness (QED) is 0.574. The number of aryl methyl sites for hydroxylation is 1. The third kappa shape index (κ3) is 0.756. The van der Waals surface area contributed by atoms with Crippen LogP contribution >= 0.6 is 0 Å². The number of rotatable bonds is 0. The predicted octanol–water partition coefficient (Wildman–Crippen LogP) is 0.0618. The zero-order chi connectivity index (χ0) is 7.84. The molecule has 0 aliphatic carbocycles. The van der Waals surface area contributed by atoms with Crippen LogP contribution in [0.3, 0.4) is 0 Å². The maximum absolute atomic E-state index is 11.0. The first kappa shape index (κ1) is 6.15. The Kier molecular flexibility index (Phi) is 1.09. The summed E-state index contributed by atoms with van der Waals surface area (Å²) in [6.07, 6.45) is 1.54. The Hall–Kier alpha value is -1.58. The summed E-state index contributed by atoms with van der Waals surface area (Å²) in [6, 6.07) is 4.48. The van der Waals surface area contributed by atoms with Gasteiger partial charge in [-0.1, -0.05) is 0 Å². The van der Waals surface area contributed by atoms with Crippen LogP contribution in [0.4, 0.5) is 0 Å². The lowest BCUT2D eigenvalue weighted by atomic mass is 10.4. The number of nitrogens with one attached hydrogen (secondary N) is 1. The molecule has 1 radical (unpaired) electrons. The lowest BCUT2D eigenvalue weighted by Gasteiger charge is -1.88. The van der Waals surface area contributed by atoms with Crippen molar-refractivity contribution in [3.05, 3.63) is 28.8 Å². The summed E-state index contributed by atoms with van der Waals surface area (Å²) in [5.74, 6) is 0. The van der Waals surface area contributed by atoms with Gasteiger partial charge in [-0.2, -0.15) is 0 Å². The summed E-state index contributed by atoms with van der Waals surface area (Å²) in [6.45, 7) is 0. The molecule has 0 amide bonds. The van der Waals surface area contributed by atoms with Gasteiger partial charge in [-0.3, -0.25) is 4.57 Å². The summed E-state index contributed by atoms with van der Waals surface area (Å²) < 4.78 is 1.46. The monoisotopic (exact) mass is 148 g/mol. The van der Waals surface area contributed by atoms with Crippen molar-refractivity contribution in [2.45, 2.75) is 0 Å². The van der Waals surface area contributed by atoms with Crippen LogP contribution in [-0.4, -0.2) is 14.5 Å². The van der Waals surface area contributed by atoms with Crippen molar-refractivity contribution in [3.63, 3.8) is 0 Å². The van der Waals surface area contributed by atoms with Gasteiger partial charge in [-0.05, 0) is 6.07 Å². The summed E-state index contributed by atoms with van der Waals surface area (Å²) in [4.78, 5) is 17.6. The Morgan fingerprint density at radius 2 is 2.55 bits per heavy atom. The number of pyridine rings is 1. The van der Waals surface area contributed by atoms with Gasteiger partial charge in [0, 0.05) is 19.3 Å². The molecule has 2 aromatic rings. The average molecular weight is 148 g/mol. The summed E-state index contributed by atoms with van der Waals surface area (Å²) in [5.41, 5.74) is 1.24. The molecule has 0 spiro atoms. The van der Waals surface area contributed by atoms with Gasteiger partial charge in [0.2, 0.25) is 0 Å². The molecule has 4 nitrogen and oxygen atoms in total. The number of imidazole rings is 1. The van der Waals surface area contributed by atoms with Crippen LogP contribution in [-0.2, 0) is 7.05 Å². The summed E-state index contributed by atoms with van der Waals surface area (Å²) in [7, 11) is 1.67. The zero-order valence-corrected chi connectivity index (χ0v) is 5.96. The Morgan fingerprint density at radius 1 is 1.73 bits per heavy atom. The Labute approximate surface area is 62.5 Å². The molecule has 55 valence electrons. The van der Waals surface area contributed by atoms with E-state index in [0.717, 1.165) is 5.52 Å². The largest absolute Gasteiger partial charge is 0.327 e. The van der Waals surface area contributed by atoms with E-state index in [4.69, 9.17) is 0 Å². The highest BCUT2D eigenvalue weighted by Gasteiger charge is 2.00. The summed E-state index contributed by atoms with van der Waals surface area (Å²) in [5, 5.41) is 0. The molecule has 1 N–H and O–H groups in total. The van der Waals surface area contributed by atoms with Crippen LogP contribution in [0.1, 0.15) is 0 Å². The normalized spacial score (nSPS) is 10.6. The van der Waals surface area contributed by atoms with Gasteiger partial charge >= 0.3 is 5.69 Å². The van der Waals surface area contributed by atoms with Gasteiger partial charge in [-0.25, -0.2) is 9.78 Å². The van der Waals surface area contributed by atoms with Gasteiger partial charge in [-0.15, -0.1) is 0 Å². The molecule has 0 aromatic carbocycles. The predicted molar refractivity (Wildman–Crippen MR) is 40.2 cm³/mol. The van der Waals surface area contributed by atoms with Crippen molar-refractivity contribution in [1.82, 2.24) is 14.5 Å². The minimum absolute atomic E-state index is 0.146. The number of hydrogen-bond donors (Lipinski definition) is 1. The molecule has 4 heteroatoms.